The van der Waals surface area contributed by atoms with Crippen molar-refractivity contribution >= 4 is 156 Å². The van der Waals surface area contributed by atoms with Crippen molar-refractivity contribution < 1.29 is 0 Å². The summed E-state index contributed by atoms with van der Waals surface area (Å²) in [5, 5.41) is 15.0. The van der Waals surface area contributed by atoms with Crippen molar-refractivity contribution in [2.75, 3.05) is 19.6 Å². The van der Waals surface area contributed by atoms with Crippen LogP contribution in [0.1, 0.15) is 52.7 Å². The molecule has 20 aromatic carbocycles. The first kappa shape index (κ1) is 69.5. The summed E-state index contributed by atoms with van der Waals surface area (Å²) in [6.07, 6.45) is 0. The standard InChI is InChI=1S/C112H83BN4/c1-111(2,3)84-64-79-50-48-77-54-62-98(94-58-52-81(66-84)104(79)106(77)94)114(86-40-24-12-25-41-86)88-56-60-96-100(70-88)116(109-90(73-32-16-8-17-33-73)44-28-45-91(109)74-34-18-9-19-35-74)102-68-83(72-30-14-7-15-31-72)69-103-108(102)113(96)97-61-57-89(71-101(97)117(103)110-92(75-36-20-10-21-37-75)46-29-47-93(110)76-38-22-11-23-39-76)115(87-42-26-13-27-43-87)99-63-55-78-49-51-80-65-85(112(4,5)6)67-82-53-59-95(99)107(78)105(80)82/h7-71H,1-6H3. The van der Waals surface area contributed by atoms with Crippen molar-refractivity contribution in [2.24, 2.45) is 0 Å². The van der Waals surface area contributed by atoms with Gasteiger partial charge >= 0.3 is 0 Å². The van der Waals surface area contributed by atoms with Crippen LogP contribution < -0.4 is 36.0 Å². The lowest BCUT2D eigenvalue weighted by molar-refractivity contribution is 0.591. The number of nitrogens with zero attached hydrogens (tertiary/aromatic N) is 4. The van der Waals surface area contributed by atoms with E-state index in [4.69, 9.17) is 0 Å². The topological polar surface area (TPSA) is 13.0 Å². The summed E-state index contributed by atoms with van der Waals surface area (Å²) in [5.74, 6) is 0. The molecular formula is C112H83BN4. The lowest BCUT2D eigenvalue weighted by Crippen LogP contribution is -2.61. The molecule has 20 aromatic rings. The quantitative estimate of drug-likeness (QED) is 0.0842. The van der Waals surface area contributed by atoms with Gasteiger partial charge in [-0.05, 0) is 198 Å². The van der Waals surface area contributed by atoms with E-state index >= 15 is 0 Å². The first-order valence-electron chi connectivity index (χ1n) is 41.1. The summed E-state index contributed by atoms with van der Waals surface area (Å²) in [5.41, 5.74) is 30.3. The Bertz CT molecular complexity index is 6690. The molecule has 0 unspecified atom stereocenters. The Morgan fingerprint density at radius 2 is 0.538 bits per heavy atom. The van der Waals surface area contributed by atoms with E-state index in [-0.39, 0.29) is 17.5 Å². The van der Waals surface area contributed by atoms with Crippen LogP contribution in [0.25, 0.3) is 120 Å². The van der Waals surface area contributed by atoms with E-state index < -0.39 is 0 Å². The van der Waals surface area contributed by atoms with Crippen LogP contribution in [0, 0.1) is 0 Å². The molecule has 0 amide bonds. The maximum absolute atomic E-state index is 2.69. The van der Waals surface area contributed by atoms with Crippen LogP contribution in [0.4, 0.5) is 68.2 Å². The molecule has 0 aromatic heterocycles. The second kappa shape index (κ2) is 27.2. The van der Waals surface area contributed by atoms with Gasteiger partial charge in [-0.3, -0.25) is 0 Å². The summed E-state index contributed by atoms with van der Waals surface area (Å²) >= 11 is 0. The van der Waals surface area contributed by atoms with E-state index in [1.54, 1.807) is 0 Å². The van der Waals surface area contributed by atoms with Crippen molar-refractivity contribution in [3.63, 3.8) is 0 Å². The monoisotopic (exact) mass is 1490 g/mol. The number of anilines is 12. The number of hydrogen-bond acceptors (Lipinski definition) is 4. The predicted molar refractivity (Wildman–Crippen MR) is 502 cm³/mol. The third-order valence-electron chi connectivity index (χ3n) is 24.9. The highest BCUT2D eigenvalue weighted by Gasteiger charge is 2.46. The maximum atomic E-state index is 2.69. The van der Waals surface area contributed by atoms with Crippen molar-refractivity contribution in [1.29, 1.82) is 0 Å². The minimum atomic E-state index is -0.316. The van der Waals surface area contributed by atoms with Crippen LogP contribution in [-0.2, 0) is 10.8 Å². The zero-order valence-electron chi connectivity index (χ0n) is 66.4. The first-order valence-corrected chi connectivity index (χ1v) is 41.1. The van der Waals surface area contributed by atoms with Crippen LogP contribution in [0.2, 0.25) is 0 Å². The molecular weight excluding hydrogens is 1410 g/mol. The van der Waals surface area contributed by atoms with Gasteiger partial charge in [0, 0.05) is 78.5 Å². The molecule has 0 bridgehead atoms. The highest BCUT2D eigenvalue weighted by Crippen LogP contribution is 2.57. The third-order valence-corrected chi connectivity index (χ3v) is 24.9. The van der Waals surface area contributed by atoms with Crippen molar-refractivity contribution in [3.05, 3.63) is 405 Å². The summed E-state index contributed by atoms with van der Waals surface area (Å²) in [7, 11) is 0. The number of para-hydroxylation sites is 4. The minimum Gasteiger partial charge on any atom is -0.310 e. The summed E-state index contributed by atoms with van der Waals surface area (Å²) < 4.78 is 0. The molecule has 0 atom stereocenters. The molecule has 0 spiro atoms. The van der Waals surface area contributed by atoms with Crippen LogP contribution in [0.15, 0.2) is 394 Å². The van der Waals surface area contributed by atoms with Crippen molar-refractivity contribution in [3.8, 4) is 55.6 Å². The first-order chi connectivity index (χ1) is 57.3. The fourth-order valence-electron chi connectivity index (χ4n) is 19.4. The smallest absolute Gasteiger partial charge is 0.252 e. The number of hydrogen-bond donors (Lipinski definition) is 0. The Morgan fingerprint density at radius 3 is 0.880 bits per heavy atom. The van der Waals surface area contributed by atoms with Gasteiger partial charge in [0.1, 0.15) is 0 Å². The maximum Gasteiger partial charge on any atom is 0.252 e. The molecule has 5 heteroatoms. The second-order valence-corrected chi connectivity index (χ2v) is 33.9. The molecule has 0 radical (unpaired) electrons. The van der Waals surface area contributed by atoms with E-state index in [0.717, 1.165) is 124 Å². The molecule has 0 saturated carbocycles. The van der Waals surface area contributed by atoms with E-state index in [9.17, 15) is 0 Å². The molecule has 0 N–H and O–H groups in total. The van der Waals surface area contributed by atoms with Crippen molar-refractivity contribution in [1.82, 2.24) is 0 Å². The van der Waals surface area contributed by atoms with Gasteiger partial charge in [-0.15, -0.1) is 0 Å². The normalized spacial score (nSPS) is 12.6. The largest absolute Gasteiger partial charge is 0.310 e. The van der Waals surface area contributed by atoms with Crippen molar-refractivity contribution in [2.45, 2.75) is 52.4 Å². The Labute approximate surface area is 684 Å². The fourth-order valence-corrected chi connectivity index (χ4v) is 19.4. The van der Waals surface area contributed by atoms with Gasteiger partial charge in [-0.1, -0.05) is 363 Å². The molecule has 0 fully saturated rings. The predicted octanol–water partition coefficient (Wildman–Crippen LogP) is 29.4. The number of benzene rings is 20. The van der Waals surface area contributed by atoms with Gasteiger partial charge in [-0.25, -0.2) is 0 Å². The van der Waals surface area contributed by atoms with Gasteiger partial charge in [0.15, 0.2) is 0 Å². The highest BCUT2D eigenvalue weighted by atomic mass is 15.2. The van der Waals surface area contributed by atoms with Crippen LogP contribution >= 0.6 is 0 Å². The highest BCUT2D eigenvalue weighted by molar-refractivity contribution is 7.00. The Balaban J connectivity index is 0.872. The van der Waals surface area contributed by atoms with Gasteiger partial charge in [0.05, 0.1) is 22.7 Å². The minimum absolute atomic E-state index is 0.0230. The Kier molecular flexibility index (Phi) is 16.2. The molecule has 22 rings (SSSR count). The molecule has 554 valence electrons. The lowest BCUT2D eigenvalue weighted by Gasteiger charge is -2.46. The average molecular weight is 1500 g/mol. The summed E-state index contributed by atoms with van der Waals surface area (Å²) in [4.78, 5) is 10.4. The van der Waals surface area contributed by atoms with Gasteiger partial charge < -0.3 is 19.6 Å². The number of rotatable bonds is 13. The molecule has 2 aliphatic rings. The van der Waals surface area contributed by atoms with E-state index in [1.807, 2.05) is 0 Å². The summed E-state index contributed by atoms with van der Waals surface area (Å²) in [6.45, 7) is 13.6. The molecule has 0 saturated heterocycles. The molecule has 2 heterocycles. The SMILES string of the molecule is CC(C)(C)c1cc2ccc3ccc(N(c4ccccc4)c4ccc5c(c4)N(c4c(-c6ccccc6)cccc4-c4ccccc4)c4cc(-c6ccccc6)cc6c4B5c4ccc(N(c5ccccc5)c5ccc7ccc8cc(C(C)(C)C)cc9ccc5c7c89)cc4N6c4c(-c5ccccc5)cccc4-c4ccccc4)c4ccc(c1)c2c34. The molecule has 117 heavy (non-hydrogen) atoms. The van der Waals surface area contributed by atoms with Gasteiger partial charge in [0.25, 0.3) is 6.71 Å². The number of fused-ring (bicyclic) bond motifs is 4. The molecule has 4 nitrogen and oxygen atoms in total. The Morgan fingerprint density at radius 1 is 0.231 bits per heavy atom. The van der Waals surface area contributed by atoms with Gasteiger partial charge in [0.2, 0.25) is 0 Å². The third kappa shape index (κ3) is 11.4. The van der Waals surface area contributed by atoms with Crippen LogP contribution in [0.3, 0.4) is 0 Å². The van der Waals surface area contributed by atoms with E-state index in [2.05, 4.69) is 455 Å². The average Bonchev–Trinajstić information content (AvgIpc) is 0.685. The lowest BCUT2D eigenvalue weighted by atomic mass is 9.33. The van der Waals surface area contributed by atoms with Crippen LogP contribution in [0.5, 0.6) is 0 Å². The molecule has 2 aliphatic heterocycles. The zero-order valence-corrected chi connectivity index (χ0v) is 66.4. The fraction of sp³-hybridized carbons (Fsp3) is 0.0714. The van der Waals surface area contributed by atoms with Crippen LogP contribution in [-0.4, -0.2) is 6.71 Å². The van der Waals surface area contributed by atoms with E-state index in [1.165, 1.54) is 92.2 Å². The molecule has 0 aliphatic carbocycles. The van der Waals surface area contributed by atoms with Gasteiger partial charge in [-0.2, -0.15) is 0 Å². The second-order valence-electron chi connectivity index (χ2n) is 33.9. The summed E-state index contributed by atoms with van der Waals surface area (Å²) in [6, 6.07) is 149. The Hall–Kier alpha value is -14.3. The van der Waals surface area contributed by atoms with E-state index in [0.29, 0.717) is 0 Å². The zero-order chi connectivity index (χ0) is 78.4.